The van der Waals surface area contributed by atoms with Crippen LogP contribution in [0.3, 0.4) is 0 Å². The van der Waals surface area contributed by atoms with E-state index in [2.05, 4.69) is 10.3 Å². The van der Waals surface area contributed by atoms with Gasteiger partial charge in [0.15, 0.2) is 0 Å². The van der Waals surface area contributed by atoms with Crippen molar-refractivity contribution in [3.05, 3.63) is 24.0 Å². The first-order valence-corrected chi connectivity index (χ1v) is 3.62. The molecule has 1 aromatic rings. The smallest absolute Gasteiger partial charge is 0.137 e. The van der Waals surface area contributed by atoms with E-state index in [1.54, 1.807) is 13.3 Å². The molecule has 3 heteroatoms. The number of aromatic nitrogens is 1. The molecule has 1 aliphatic rings. The maximum absolute atomic E-state index is 5.04. The first-order chi connectivity index (χ1) is 5.40. The highest BCUT2D eigenvalue weighted by atomic mass is 16.5. The lowest BCUT2D eigenvalue weighted by Gasteiger charge is -2.00. The Balaban J connectivity index is 2.26. The van der Waals surface area contributed by atoms with Gasteiger partial charge in [0.25, 0.3) is 0 Å². The van der Waals surface area contributed by atoms with Crippen molar-refractivity contribution in [3.63, 3.8) is 0 Å². The second kappa shape index (κ2) is 2.51. The number of nitrogens with zero attached hydrogens (tertiary/aromatic N) is 1. The molecule has 2 heterocycles. The molecule has 1 fully saturated rings. The lowest BCUT2D eigenvalue weighted by atomic mass is 10.2. The van der Waals surface area contributed by atoms with Crippen LogP contribution in [0.4, 0.5) is 0 Å². The molecule has 3 nitrogen and oxygen atoms in total. The quantitative estimate of drug-likeness (QED) is 0.632. The minimum Gasteiger partial charge on any atom is -0.495 e. The average Bonchev–Trinajstić information content (AvgIpc) is 2.87. The van der Waals surface area contributed by atoms with Gasteiger partial charge in [0.05, 0.1) is 13.3 Å². The van der Waals surface area contributed by atoms with Crippen molar-refractivity contribution in [2.24, 2.45) is 0 Å². The van der Waals surface area contributed by atoms with E-state index in [9.17, 15) is 0 Å². The van der Waals surface area contributed by atoms with E-state index in [1.807, 2.05) is 12.3 Å². The van der Waals surface area contributed by atoms with Gasteiger partial charge in [-0.2, -0.15) is 0 Å². The summed E-state index contributed by atoms with van der Waals surface area (Å²) in [5, 5.41) is 3.21. The molecule has 2 rings (SSSR count). The van der Waals surface area contributed by atoms with Gasteiger partial charge in [-0.25, -0.2) is 0 Å². The maximum atomic E-state index is 5.04. The predicted molar refractivity (Wildman–Crippen MR) is 41.5 cm³/mol. The number of rotatable bonds is 2. The summed E-state index contributed by atoms with van der Waals surface area (Å²) < 4.78 is 5.04. The average molecular weight is 150 g/mol. The van der Waals surface area contributed by atoms with Crippen LogP contribution < -0.4 is 10.1 Å². The fourth-order valence-electron chi connectivity index (χ4n) is 1.03. The summed E-state index contributed by atoms with van der Waals surface area (Å²) in [5.41, 5.74) is 1.21. The van der Waals surface area contributed by atoms with Crippen LogP contribution >= 0.6 is 0 Å². The Morgan fingerprint density at radius 1 is 1.64 bits per heavy atom. The molecule has 0 spiro atoms. The van der Waals surface area contributed by atoms with Gasteiger partial charge in [0, 0.05) is 18.8 Å². The number of methoxy groups -OCH3 is 1. The van der Waals surface area contributed by atoms with Crippen molar-refractivity contribution in [3.8, 4) is 5.75 Å². The van der Waals surface area contributed by atoms with E-state index in [1.165, 1.54) is 5.56 Å². The van der Waals surface area contributed by atoms with Gasteiger partial charge in [0.1, 0.15) is 5.75 Å². The summed E-state index contributed by atoms with van der Waals surface area (Å²) >= 11 is 0. The molecule has 0 amide bonds. The molecular formula is C8H10N2O. The molecule has 11 heavy (non-hydrogen) atoms. The Morgan fingerprint density at radius 2 is 2.45 bits per heavy atom. The van der Waals surface area contributed by atoms with Crippen molar-refractivity contribution in [2.75, 3.05) is 13.7 Å². The van der Waals surface area contributed by atoms with Crippen LogP contribution in [0.5, 0.6) is 5.75 Å². The molecule has 1 aliphatic heterocycles. The highest BCUT2D eigenvalue weighted by Gasteiger charge is 2.22. The minimum absolute atomic E-state index is 0.512. The van der Waals surface area contributed by atoms with E-state index in [0.29, 0.717) is 6.04 Å². The zero-order chi connectivity index (χ0) is 7.68. The van der Waals surface area contributed by atoms with Gasteiger partial charge in [-0.05, 0) is 11.6 Å². The largest absolute Gasteiger partial charge is 0.495 e. The van der Waals surface area contributed by atoms with Gasteiger partial charge in [-0.3, -0.25) is 4.98 Å². The van der Waals surface area contributed by atoms with Gasteiger partial charge < -0.3 is 10.1 Å². The third-order valence-corrected chi connectivity index (χ3v) is 1.78. The van der Waals surface area contributed by atoms with Crippen LogP contribution in [0.2, 0.25) is 0 Å². The monoisotopic (exact) mass is 150 g/mol. The molecular weight excluding hydrogens is 140 g/mol. The predicted octanol–water partition coefficient (Wildman–Crippen LogP) is 0.734. The van der Waals surface area contributed by atoms with Crippen molar-refractivity contribution in [2.45, 2.75) is 6.04 Å². The molecule has 1 saturated heterocycles. The Bertz CT molecular complexity index is 258. The normalized spacial score (nSPS) is 21.4. The highest BCUT2D eigenvalue weighted by molar-refractivity contribution is 5.28. The molecule has 1 atom stereocenters. The first kappa shape index (κ1) is 6.61. The fraction of sp³-hybridized carbons (Fsp3) is 0.375. The summed E-state index contributed by atoms with van der Waals surface area (Å²) in [6, 6.07) is 2.52. The number of hydrogen-bond donors (Lipinski definition) is 1. The highest BCUT2D eigenvalue weighted by Crippen LogP contribution is 2.23. The first-order valence-electron chi connectivity index (χ1n) is 3.62. The van der Waals surface area contributed by atoms with E-state index in [0.717, 1.165) is 12.3 Å². The summed E-state index contributed by atoms with van der Waals surface area (Å²) in [4.78, 5) is 4.05. The van der Waals surface area contributed by atoms with Gasteiger partial charge in [0.2, 0.25) is 0 Å². The molecule has 0 bridgehead atoms. The zero-order valence-electron chi connectivity index (χ0n) is 6.37. The van der Waals surface area contributed by atoms with Gasteiger partial charge in [-0.1, -0.05) is 0 Å². The Morgan fingerprint density at radius 3 is 3.09 bits per heavy atom. The molecule has 0 aliphatic carbocycles. The van der Waals surface area contributed by atoms with Crippen LogP contribution in [0, 0.1) is 0 Å². The molecule has 0 radical (unpaired) electrons. The maximum Gasteiger partial charge on any atom is 0.137 e. The van der Waals surface area contributed by atoms with Crippen LogP contribution in [0.25, 0.3) is 0 Å². The van der Waals surface area contributed by atoms with E-state index in [4.69, 9.17) is 4.74 Å². The summed E-state index contributed by atoms with van der Waals surface area (Å²) in [6.45, 7) is 1.06. The van der Waals surface area contributed by atoms with Gasteiger partial charge >= 0.3 is 0 Å². The number of hydrogen-bond acceptors (Lipinski definition) is 3. The third-order valence-electron chi connectivity index (χ3n) is 1.78. The Hall–Kier alpha value is -1.09. The summed E-state index contributed by atoms with van der Waals surface area (Å²) in [6.07, 6.45) is 3.58. The molecule has 0 saturated carbocycles. The van der Waals surface area contributed by atoms with E-state index < -0.39 is 0 Å². The molecule has 58 valence electrons. The Labute approximate surface area is 65.4 Å². The van der Waals surface area contributed by atoms with E-state index in [-0.39, 0.29) is 0 Å². The van der Waals surface area contributed by atoms with Crippen LogP contribution in [-0.2, 0) is 0 Å². The summed E-state index contributed by atoms with van der Waals surface area (Å²) in [7, 11) is 1.65. The van der Waals surface area contributed by atoms with Crippen molar-refractivity contribution in [1.82, 2.24) is 10.3 Å². The third kappa shape index (κ3) is 1.33. The number of ether oxygens (including phenoxy) is 1. The van der Waals surface area contributed by atoms with Crippen molar-refractivity contribution >= 4 is 0 Å². The SMILES string of the molecule is COc1cncc([C@H]2CN2)c1. The minimum atomic E-state index is 0.512. The molecule has 1 N–H and O–H groups in total. The number of nitrogens with one attached hydrogen (secondary N) is 1. The van der Waals surface area contributed by atoms with E-state index >= 15 is 0 Å². The second-order valence-electron chi connectivity index (χ2n) is 2.62. The lowest BCUT2D eigenvalue weighted by Crippen LogP contribution is -1.89. The van der Waals surface area contributed by atoms with Crippen LogP contribution in [0.15, 0.2) is 18.5 Å². The zero-order valence-corrected chi connectivity index (χ0v) is 6.37. The van der Waals surface area contributed by atoms with Crippen molar-refractivity contribution < 1.29 is 4.74 Å². The van der Waals surface area contributed by atoms with Crippen molar-refractivity contribution in [1.29, 1.82) is 0 Å². The molecule has 1 aromatic heterocycles. The molecule has 0 aromatic carbocycles. The standard InChI is InChI=1S/C8H10N2O/c1-11-7-2-6(3-9-4-7)8-5-10-8/h2-4,8,10H,5H2,1H3/t8-/m1/s1. The summed E-state index contributed by atoms with van der Waals surface area (Å²) in [5.74, 6) is 0.830. The van der Waals surface area contributed by atoms with Gasteiger partial charge in [-0.15, -0.1) is 0 Å². The molecule has 0 unspecified atom stereocenters. The number of pyridine rings is 1. The van der Waals surface area contributed by atoms with Crippen LogP contribution in [-0.4, -0.2) is 18.6 Å². The fourth-order valence-corrected chi connectivity index (χ4v) is 1.03. The second-order valence-corrected chi connectivity index (χ2v) is 2.62. The Kier molecular flexibility index (Phi) is 1.51. The topological polar surface area (TPSA) is 44.1 Å². The van der Waals surface area contributed by atoms with Crippen LogP contribution in [0.1, 0.15) is 11.6 Å². The lowest BCUT2D eigenvalue weighted by molar-refractivity contribution is 0.412.